The Labute approximate surface area is 156 Å². The average Bonchev–Trinajstić information content (AvgIpc) is 3.16. The van der Waals surface area contributed by atoms with Crippen LogP contribution >= 0.6 is 0 Å². The highest BCUT2D eigenvalue weighted by Gasteiger charge is 2.56. The first-order valence-corrected chi connectivity index (χ1v) is 8.85. The molecule has 4 atom stereocenters. The molecular weight excluding hydrogens is 356 g/mol. The molecule has 27 heavy (non-hydrogen) atoms. The summed E-state index contributed by atoms with van der Waals surface area (Å²) < 4.78 is 4.74. The fourth-order valence-corrected chi connectivity index (χ4v) is 3.97. The van der Waals surface area contributed by atoms with Crippen LogP contribution in [0.15, 0.2) is 16.3 Å². The van der Waals surface area contributed by atoms with Crippen molar-refractivity contribution < 1.29 is 29.3 Å². The van der Waals surface area contributed by atoms with Crippen LogP contribution in [0.3, 0.4) is 0 Å². The van der Waals surface area contributed by atoms with Crippen LogP contribution in [0.5, 0.6) is 0 Å². The first kappa shape index (κ1) is 19.3. The van der Waals surface area contributed by atoms with Crippen molar-refractivity contribution in [2.45, 2.75) is 38.0 Å². The number of methoxy groups -OCH3 is 1. The number of amidine groups is 1. The Bertz CT molecular complexity index is 716. The summed E-state index contributed by atoms with van der Waals surface area (Å²) in [6, 6.07) is -0.379. The van der Waals surface area contributed by atoms with Gasteiger partial charge in [-0.15, -0.1) is 0 Å². The van der Waals surface area contributed by atoms with Crippen molar-refractivity contribution in [1.29, 1.82) is 0 Å². The van der Waals surface area contributed by atoms with E-state index in [1.165, 1.54) is 12.0 Å². The number of aliphatic hydroxyl groups excluding tert-OH is 1. The van der Waals surface area contributed by atoms with Crippen molar-refractivity contribution in [3.63, 3.8) is 0 Å². The number of carboxylic acids is 1. The summed E-state index contributed by atoms with van der Waals surface area (Å²) in [5, 5.41) is 25.2. The highest BCUT2D eigenvalue weighted by Crippen LogP contribution is 2.44. The lowest BCUT2D eigenvalue weighted by molar-refractivity contribution is -0.161. The predicted molar refractivity (Wildman–Crippen MR) is 93.8 cm³/mol. The zero-order valence-electron chi connectivity index (χ0n) is 15.3. The molecule has 0 aromatic heterocycles. The number of aliphatic imine (C=N–C) groups is 1. The number of hydrogen-bond donors (Lipinski definition) is 4. The number of hydrogen-bond acceptors (Lipinski definition) is 7. The van der Waals surface area contributed by atoms with Crippen molar-refractivity contribution in [3.8, 4) is 0 Å². The standard InChI is InChI=1S/C17H24N4O6/c1-8(22)14-11-4-9(15(17(25)26)21(11)16(14)24)3-10-5-18-12(20-10)6-19-13(23)7-27-2/h8,10-11,14,22H,3-7H2,1-2H3,(H,18,20)(H,19,23)(H,25,26)/t8-,10-,11-,14-/m1/s1. The third-order valence-electron chi connectivity index (χ3n) is 5.12. The molecule has 10 heteroatoms. The van der Waals surface area contributed by atoms with Crippen LogP contribution < -0.4 is 10.6 Å². The van der Waals surface area contributed by atoms with Gasteiger partial charge in [0.25, 0.3) is 0 Å². The topological polar surface area (TPSA) is 141 Å². The molecule has 0 aromatic rings. The van der Waals surface area contributed by atoms with E-state index in [9.17, 15) is 24.6 Å². The SMILES string of the molecule is COCC(=O)NCC1=NC[C@@H](CC2=C(C(=O)O)N3C(=O)[C@H]([C@@H](C)O)[C@H]3C2)N1. The Morgan fingerprint density at radius 1 is 1.48 bits per heavy atom. The van der Waals surface area contributed by atoms with E-state index in [-0.39, 0.29) is 42.7 Å². The number of ether oxygens (including phenoxy) is 1. The monoisotopic (exact) mass is 380 g/mol. The maximum atomic E-state index is 12.2. The van der Waals surface area contributed by atoms with Gasteiger partial charge in [-0.3, -0.25) is 14.6 Å². The molecule has 0 unspecified atom stereocenters. The Morgan fingerprint density at radius 3 is 2.85 bits per heavy atom. The van der Waals surface area contributed by atoms with Gasteiger partial charge in [-0.2, -0.15) is 0 Å². The van der Waals surface area contributed by atoms with Gasteiger partial charge in [0.2, 0.25) is 11.8 Å². The number of amides is 2. The molecule has 1 fully saturated rings. The molecule has 0 bridgehead atoms. The summed E-state index contributed by atoms with van der Waals surface area (Å²) in [5.74, 6) is -1.63. The van der Waals surface area contributed by atoms with Crippen LogP contribution in [-0.2, 0) is 19.1 Å². The first-order chi connectivity index (χ1) is 12.8. The maximum absolute atomic E-state index is 12.2. The molecule has 0 saturated carbocycles. The molecular formula is C17H24N4O6. The van der Waals surface area contributed by atoms with Gasteiger partial charge >= 0.3 is 5.97 Å². The van der Waals surface area contributed by atoms with Gasteiger partial charge in [-0.25, -0.2) is 4.79 Å². The normalized spacial score (nSPS) is 27.7. The van der Waals surface area contributed by atoms with E-state index in [2.05, 4.69) is 15.6 Å². The van der Waals surface area contributed by atoms with E-state index in [0.717, 1.165) is 0 Å². The Morgan fingerprint density at radius 2 is 2.22 bits per heavy atom. The number of carbonyl (C=O) groups is 3. The second-order valence-electron chi connectivity index (χ2n) is 7.05. The fraction of sp³-hybridized carbons (Fsp3) is 0.647. The van der Waals surface area contributed by atoms with Crippen molar-refractivity contribution in [2.75, 3.05) is 26.8 Å². The van der Waals surface area contributed by atoms with E-state index in [0.29, 0.717) is 30.8 Å². The molecule has 1 saturated heterocycles. The van der Waals surface area contributed by atoms with E-state index in [4.69, 9.17) is 4.74 Å². The molecule has 3 aliphatic rings. The van der Waals surface area contributed by atoms with Gasteiger partial charge in [-0.05, 0) is 25.3 Å². The van der Waals surface area contributed by atoms with E-state index >= 15 is 0 Å². The zero-order valence-corrected chi connectivity index (χ0v) is 15.3. The molecule has 148 valence electrons. The van der Waals surface area contributed by atoms with Crippen LogP contribution in [0.25, 0.3) is 0 Å². The van der Waals surface area contributed by atoms with Crippen molar-refractivity contribution >= 4 is 23.6 Å². The largest absolute Gasteiger partial charge is 0.477 e. The number of carboxylic acid groups (broad SMARTS) is 1. The van der Waals surface area contributed by atoms with E-state index < -0.39 is 18.0 Å². The minimum atomic E-state index is -1.13. The molecule has 4 N–H and O–H groups in total. The van der Waals surface area contributed by atoms with Crippen LogP contribution in [0, 0.1) is 5.92 Å². The Kier molecular flexibility index (Phi) is 5.47. The van der Waals surface area contributed by atoms with Gasteiger partial charge in [0.15, 0.2) is 0 Å². The minimum Gasteiger partial charge on any atom is -0.477 e. The lowest BCUT2D eigenvalue weighted by atomic mass is 9.82. The third kappa shape index (κ3) is 3.67. The molecule has 2 amide bonds. The Hall–Kier alpha value is -2.46. The highest BCUT2D eigenvalue weighted by atomic mass is 16.5. The molecule has 0 radical (unpaired) electrons. The number of aliphatic carboxylic acids is 1. The molecule has 3 aliphatic heterocycles. The number of fused-ring (bicyclic) bond motifs is 1. The van der Waals surface area contributed by atoms with Crippen LogP contribution in [0.1, 0.15) is 19.8 Å². The summed E-state index contributed by atoms with van der Waals surface area (Å²) in [4.78, 5) is 41.0. The quantitative estimate of drug-likeness (QED) is 0.374. The lowest BCUT2D eigenvalue weighted by Gasteiger charge is -2.44. The van der Waals surface area contributed by atoms with Gasteiger partial charge in [-0.1, -0.05) is 0 Å². The van der Waals surface area contributed by atoms with Gasteiger partial charge in [0.1, 0.15) is 18.1 Å². The molecule has 0 aromatic carbocycles. The van der Waals surface area contributed by atoms with Gasteiger partial charge in [0.05, 0.1) is 37.2 Å². The van der Waals surface area contributed by atoms with Gasteiger partial charge < -0.3 is 30.5 Å². The maximum Gasteiger partial charge on any atom is 0.352 e. The van der Waals surface area contributed by atoms with Gasteiger partial charge in [0, 0.05) is 7.11 Å². The van der Waals surface area contributed by atoms with Crippen LogP contribution in [0.4, 0.5) is 0 Å². The molecule has 0 aliphatic carbocycles. The number of rotatable bonds is 8. The molecule has 10 nitrogen and oxygen atoms in total. The number of nitrogens with one attached hydrogen (secondary N) is 2. The van der Waals surface area contributed by atoms with Crippen LogP contribution in [-0.4, -0.2) is 83.7 Å². The van der Waals surface area contributed by atoms with E-state index in [1.807, 2.05) is 0 Å². The summed E-state index contributed by atoms with van der Waals surface area (Å²) in [6.07, 6.45) is 0.0810. The second kappa shape index (κ2) is 7.65. The number of nitrogens with zero attached hydrogens (tertiary/aromatic N) is 2. The summed E-state index contributed by atoms with van der Waals surface area (Å²) in [7, 11) is 1.44. The minimum absolute atomic E-state index is 0.0265. The number of carbonyl (C=O) groups excluding carboxylic acids is 2. The lowest BCUT2D eigenvalue weighted by Crippen LogP contribution is -2.61. The zero-order chi connectivity index (χ0) is 19.7. The first-order valence-electron chi connectivity index (χ1n) is 8.85. The number of aliphatic hydroxyl groups is 1. The molecule has 3 heterocycles. The second-order valence-corrected chi connectivity index (χ2v) is 7.05. The third-order valence-corrected chi connectivity index (χ3v) is 5.12. The smallest absolute Gasteiger partial charge is 0.352 e. The predicted octanol–water partition coefficient (Wildman–Crippen LogP) is -1.54. The van der Waals surface area contributed by atoms with Crippen molar-refractivity contribution in [2.24, 2.45) is 10.9 Å². The average molecular weight is 380 g/mol. The molecule has 3 rings (SSSR count). The highest BCUT2D eigenvalue weighted by molar-refractivity contribution is 5.99. The summed E-state index contributed by atoms with van der Waals surface area (Å²) in [6.45, 7) is 2.24. The van der Waals surface area contributed by atoms with Crippen LogP contribution in [0.2, 0.25) is 0 Å². The number of β-lactam (4-membered cyclic amide) rings is 1. The Balaban J connectivity index is 1.59. The van der Waals surface area contributed by atoms with Crippen molar-refractivity contribution in [3.05, 3.63) is 11.3 Å². The molecule has 0 spiro atoms. The summed E-state index contributed by atoms with van der Waals surface area (Å²) in [5.41, 5.74) is 0.715. The summed E-state index contributed by atoms with van der Waals surface area (Å²) >= 11 is 0. The van der Waals surface area contributed by atoms with Crippen molar-refractivity contribution in [1.82, 2.24) is 15.5 Å². The van der Waals surface area contributed by atoms with E-state index in [1.54, 1.807) is 6.92 Å². The fourth-order valence-electron chi connectivity index (χ4n) is 3.97.